The monoisotopic (exact) mass is 399 g/mol. The molecule has 0 saturated carbocycles. The molecular weight excluding hydrogens is 378 g/mol. The fourth-order valence-electron chi connectivity index (χ4n) is 2.58. The van der Waals surface area contributed by atoms with Gasteiger partial charge in [0.1, 0.15) is 0 Å². The molecule has 0 aliphatic rings. The fraction of sp³-hybridized carbons (Fsp3) is 0.263. The number of aryl methyl sites for hydroxylation is 1. The van der Waals surface area contributed by atoms with Crippen LogP contribution in [-0.4, -0.2) is 38.1 Å². The van der Waals surface area contributed by atoms with Crippen molar-refractivity contribution in [1.82, 2.24) is 20.2 Å². The number of rotatable bonds is 7. The molecule has 0 aliphatic carbocycles. The van der Waals surface area contributed by atoms with Gasteiger partial charge in [0, 0.05) is 17.1 Å². The summed E-state index contributed by atoms with van der Waals surface area (Å²) in [5, 5.41) is 15.7. The highest BCUT2D eigenvalue weighted by Gasteiger charge is 2.13. The second-order valence-electron chi connectivity index (χ2n) is 5.94. The average molecular weight is 400 g/mol. The molecule has 0 unspecified atom stereocenters. The Balaban J connectivity index is 1.61. The van der Waals surface area contributed by atoms with Crippen LogP contribution in [0.4, 0.5) is 5.69 Å². The zero-order valence-corrected chi connectivity index (χ0v) is 17.1. The van der Waals surface area contributed by atoms with Crippen molar-refractivity contribution in [3.63, 3.8) is 0 Å². The summed E-state index contributed by atoms with van der Waals surface area (Å²) in [5.74, 6) is 0.577. The molecule has 0 fully saturated rings. The van der Waals surface area contributed by atoms with Crippen LogP contribution in [0.2, 0.25) is 0 Å². The van der Waals surface area contributed by atoms with Crippen molar-refractivity contribution in [3.05, 3.63) is 53.6 Å². The summed E-state index contributed by atoms with van der Waals surface area (Å²) in [7, 11) is 0. The van der Waals surface area contributed by atoms with Gasteiger partial charge in [0.05, 0.1) is 11.4 Å². The first-order valence-corrected chi connectivity index (χ1v) is 10.7. The van der Waals surface area contributed by atoms with Crippen LogP contribution < -0.4 is 5.32 Å². The third-order valence-electron chi connectivity index (χ3n) is 4.19. The zero-order valence-electron chi connectivity index (χ0n) is 15.5. The Morgan fingerprint density at radius 1 is 1.15 bits per heavy atom. The number of anilines is 1. The van der Waals surface area contributed by atoms with Gasteiger partial charge in [0.2, 0.25) is 11.1 Å². The van der Waals surface area contributed by atoms with Crippen molar-refractivity contribution < 1.29 is 4.79 Å². The van der Waals surface area contributed by atoms with E-state index in [2.05, 4.69) is 40.8 Å². The molecule has 0 aliphatic heterocycles. The van der Waals surface area contributed by atoms with Crippen LogP contribution in [0.25, 0.3) is 5.69 Å². The molecule has 0 atom stereocenters. The summed E-state index contributed by atoms with van der Waals surface area (Å²) in [5.41, 5.74) is 4.13. The molecule has 1 aromatic heterocycles. The van der Waals surface area contributed by atoms with Gasteiger partial charge in [-0.2, -0.15) is 4.68 Å². The molecule has 8 heteroatoms. The lowest BCUT2D eigenvalue weighted by Crippen LogP contribution is -2.13. The molecule has 0 spiro atoms. The van der Waals surface area contributed by atoms with Crippen LogP contribution in [0.15, 0.2) is 52.5 Å². The summed E-state index contributed by atoms with van der Waals surface area (Å²) in [4.78, 5) is 13.3. The second-order valence-corrected chi connectivity index (χ2v) is 7.85. The van der Waals surface area contributed by atoms with Gasteiger partial charge in [0.15, 0.2) is 0 Å². The van der Waals surface area contributed by atoms with Crippen molar-refractivity contribution in [2.24, 2.45) is 0 Å². The highest BCUT2D eigenvalue weighted by Crippen LogP contribution is 2.25. The third kappa shape index (κ3) is 4.70. The van der Waals surface area contributed by atoms with Gasteiger partial charge in [-0.1, -0.05) is 36.0 Å². The van der Waals surface area contributed by atoms with E-state index < -0.39 is 0 Å². The minimum Gasteiger partial charge on any atom is -0.325 e. The van der Waals surface area contributed by atoms with Gasteiger partial charge >= 0.3 is 0 Å². The van der Waals surface area contributed by atoms with Crippen molar-refractivity contribution in [2.75, 3.05) is 17.3 Å². The standard InChI is InChI=1S/C19H21N5OS2/c1-13-7-6-9-16(14(13)2)24-19(21-22-23-24)27-12-11-18(25)20-15-8-4-5-10-17(15)26-3/h4-10H,11-12H2,1-3H3,(H,20,25). The number of aromatic nitrogens is 4. The fourth-order valence-corrected chi connectivity index (χ4v) is 3.96. The first-order valence-electron chi connectivity index (χ1n) is 8.51. The molecule has 0 saturated heterocycles. The Bertz CT molecular complexity index is 941. The number of tetrazole rings is 1. The Labute approximate surface area is 167 Å². The van der Waals surface area contributed by atoms with E-state index in [0.717, 1.165) is 21.8 Å². The number of carbonyl (C=O) groups excluding carboxylic acids is 1. The largest absolute Gasteiger partial charge is 0.325 e. The maximum absolute atomic E-state index is 12.3. The molecule has 1 amide bonds. The second kappa shape index (κ2) is 9.05. The van der Waals surface area contributed by atoms with E-state index in [1.807, 2.05) is 42.7 Å². The predicted octanol–water partition coefficient (Wildman–Crippen LogP) is 4.12. The summed E-state index contributed by atoms with van der Waals surface area (Å²) >= 11 is 3.08. The number of hydrogen-bond donors (Lipinski definition) is 1. The van der Waals surface area contributed by atoms with Gasteiger partial charge < -0.3 is 5.32 Å². The Morgan fingerprint density at radius 2 is 1.96 bits per heavy atom. The predicted molar refractivity (Wildman–Crippen MR) is 111 cm³/mol. The van der Waals surface area contributed by atoms with E-state index in [1.165, 1.54) is 17.3 Å². The van der Waals surface area contributed by atoms with Crippen molar-refractivity contribution in [2.45, 2.75) is 30.3 Å². The summed E-state index contributed by atoms with van der Waals surface area (Å²) in [6.45, 7) is 4.12. The minimum absolute atomic E-state index is 0.0187. The highest BCUT2D eigenvalue weighted by molar-refractivity contribution is 7.99. The van der Waals surface area contributed by atoms with Gasteiger partial charge in [-0.3, -0.25) is 4.79 Å². The van der Waals surface area contributed by atoms with Crippen molar-refractivity contribution in [3.8, 4) is 5.69 Å². The lowest BCUT2D eigenvalue weighted by Gasteiger charge is -2.10. The minimum atomic E-state index is -0.0187. The lowest BCUT2D eigenvalue weighted by atomic mass is 10.1. The molecule has 2 aromatic carbocycles. The number of benzene rings is 2. The van der Waals surface area contributed by atoms with E-state index in [9.17, 15) is 4.79 Å². The van der Waals surface area contributed by atoms with Crippen molar-refractivity contribution in [1.29, 1.82) is 0 Å². The number of nitrogens with zero attached hydrogens (tertiary/aromatic N) is 4. The number of thioether (sulfide) groups is 2. The summed E-state index contributed by atoms with van der Waals surface area (Å²) < 4.78 is 1.73. The first kappa shape index (κ1) is 19.4. The van der Waals surface area contributed by atoms with E-state index in [-0.39, 0.29) is 5.91 Å². The molecule has 140 valence electrons. The first-order chi connectivity index (χ1) is 13.1. The maximum Gasteiger partial charge on any atom is 0.225 e. The normalized spacial score (nSPS) is 10.8. The molecule has 1 heterocycles. The Hall–Kier alpha value is -2.32. The molecule has 3 rings (SSSR count). The number of carbonyl (C=O) groups is 1. The quantitative estimate of drug-likeness (QED) is 0.603. The van der Waals surface area contributed by atoms with E-state index in [4.69, 9.17) is 0 Å². The SMILES string of the molecule is CSc1ccccc1NC(=O)CCSc1nnnn1-c1cccc(C)c1C. The number of amides is 1. The molecule has 0 bridgehead atoms. The van der Waals surface area contributed by atoms with Crippen LogP contribution in [0.3, 0.4) is 0 Å². The summed E-state index contributed by atoms with van der Waals surface area (Å²) in [6.07, 6.45) is 2.38. The molecular formula is C19H21N5OS2. The van der Waals surface area contributed by atoms with Crippen LogP contribution >= 0.6 is 23.5 Å². The maximum atomic E-state index is 12.3. The number of hydrogen-bond acceptors (Lipinski definition) is 6. The van der Waals surface area contributed by atoms with Crippen LogP contribution in [0, 0.1) is 13.8 Å². The van der Waals surface area contributed by atoms with Crippen LogP contribution in [0.1, 0.15) is 17.5 Å². The van der Waals surface area contributed by atoms with Gasteiger partial charge in [-0.15, -0.1) is 16.9 Å². The van der Waals surface area contributed by atoms with E-state index >= 15 is 0 Å². The molecule has 0 radical (unpaired) electrons. The number of nitrogens with one attached hydrogen (secondary N) is 1. The molecule has 1 N–H and O–H groups in total. The molecule has 27 heavy (non-hydrogen) atoms. The van der Waals surface area contributed by atoms with Crippen LogP contribution in [-0.2, 0) is 4.79 Å². The topological polar surface area (TPSA) is 72.7 Å². The smallest absolute Gasteiger partial charge is 0.225 e. The average Bonchev–Trinajstić information content (AvgIpc) is 3.12. The van der Waals surface area contributed by atoms with Gasteiger partial charge in [-0.05, 0) is 59.9 Å². The third-order valence-corrected chi connectivity index (χ3v) is 5.90. The molecule has 6 nitrogen and oxygen atoms in total. The van der Waals surface area contributed by atoms with Gasteiger partial charge in [0.25, 0.3) is 0 Å². The lowest BCUT2D eigenvalue weighted by molar-refractivity contribution is -0.115. The summed E-state index contributed by atoms with van der Waals surface area (Å²) in [6, 6.07) is 13.8. The number of para-hydroxylation sites is 1. The molecule has 3 aromatic rings. The highest BCUT2D eigenvalue weighted by atomic mass is 32.2. The Morgan fingerprint density at radius 3 is 2.78 bits per heavy atom. The Kier molecular flexibility index (Phi) is 6.52. The van der Waals surface area contributed by atoms with E-state index in [0.29, 0.717) is 17.3 Å². The van der Waals surface area contributed by atoms with Crippen molar-refractivity contribution >= 4 is 35.1 Å². The zero-order chi connectivity index (χ0) is 19.2. The van der Waals surface area contributed by atoms with Crippen LogP contribution in [0.5, 0.6) is 0 Å². The van der Waals surface area contributed by atoms with E-state index in [1.54, 1.807) is 16.4 Å². The van der Waals surface area contributed by atoms with Gasteiger partial charge in [-0.25, -0.2) is 0 Å².